The van der Waals surface area contributed by atoms with Gasteiger partial charge in [0.25, 0.3) is 0 Å². The van der Waals surface area contributed by atoms with Crippen molar-refractivity contribution in [1.82, 2.24) is 10.2 Å². The molecule has 0 saturated carbocycles. The highest BCUT2D eigenvalue weighted by Gasteiger charge is 2.30. The van der Waals surface area contributed by atoms with E-state index in [0.717, 1.165) is 37.1 Å². The summed E-state index contributed by atoms with van der Waals surface area (Å²) in [5.41, 5.74) is 2.39. The average molecular weight is 286 g/mol. The third-order valence-electron chi connectivity index (χ3n) is 3.99. The Kier molecular flexibility index (Phi) is 3.64. The molecule has 1 fully saturated rings. The molecule has 5 nitrogen and oxygen atoms in total. The van der Waals surface area contributed by atoms with Gasteiger partial charge in [-0.2, -0.15) is 0 Å². The zero-order chi connectivity index (χ0) is 14.8. The van der Waals surface area contributed by atoms with E-state index in [1.807, 2.05) is 12.1 Å². The molecule has 0 aliphatic carbocycles. The number of rotatable bonds is 2. The number of hydrogen-bond acceptors (Lipinski definition) is 4. The van der Waals surface area contributed by atoms with Crippen LogP contribution in [0.4, 0.5) is 0 Å². The second-order valence-electron chi connectivity index (χ2n) is 5.31. The molecule has 2 heterocycles. The van der Waals surface area contributed by atoms with Crippen molar-refractivity contribution in [3.05, 3.63) is 41.5 Å². The van der Waals surface area contributed by atoms with Crippen LogP contribution < -0.4 is 5.32 Å². The number of amides is 1. The van der Waals surface area contributed by atoms with Crippen LogP contribution in [0, 0.1) is 0 Å². The van der Waals surface area contributed by atoms with Crippen LogP contribution in [0.15, 0.2) is 30.3 Å². The fourth-order valence-corrected chi connectivity index (χ4v) is 2.93. The minimum atomic E-state index is -0.354. The molecule has 1 amide bonds. The highest BCUT2D eigenvalue weighted by atomic mass is 16.5. The van der Waals surface area contributed by atoms with Crippen molar-refractivity contribution in [2.45, 2.75) is 25.4 Å². The van der Waals surface area contributed by atoms with Crippen LogP contribution in [0.2, 0.25) is 0 Å². The maximum atomic E-state index is 11.8. The van der Waals surface area contributed by atoms with Crippen LogP contribution in [0.1, 0.15) is 35.2 Å². The van der Waals surface area contributed by atoms with Gasteiger partial charge in [-0.25, -0.2) is 4.79 Å². The molecule has 2 aliphatic heterocycles. The molecule has 0 spiro atoms. The summed E-state index contributed by atoms with van der Waals surface area (Å²) >= 11 is 0. The van der Waals surface area contributed by atoms with Gasteiger partial charge in [-0.15, -0.1) is 0 Å². The Morgan fingerprint density at radius 2 is 2.05 bits per heavy atom. The molecule has 110 valence electrons. The first kappa shape index (κ1) is 13.7. The Hall–Kier alpha value is -2.30. The lowest BCUT2D eigenvalue weighted by Crippen LogP contribution is -2.52. The van der Waals surface area contributed by atoms with E-state index >= 15 is 0 Å². The Labute approximate surface area is 123 Å². The molecule has 3 rings (SSSR count). The summed E-state index contributed by atoms with van der Waals surface area (Å²) in [7, 11) is 1.36. The van der Waals surface area contributed by atoms with E-state index < -0.39 is 0 Å². The van der Waals surface area contributed by atoms with Crippen molar-refractivity contribution >= 4 is 17.6 Å². The molecule has 0 radical (unpaired) electrons. The Morgan fingerprint density at radius 3 is 2.76 bits per heavy atom. The smallest absolute Gasteiger partial charge is 0.337 e. The fourth-order valence-electron chi connectivity index (χ4n) is 2.93. The van der Waals surface area contributed by atoms with Crippen LogP contribution >= 0.6 is 0 Å². The van der Waals surface area contributed by atoms with Crippen LogP contribution in [0.3, 0.4) is 0 Å². The number of ether oxygens (including phenoxy) is 1. The SMILES string of the molecule is COC(=O)c1ccc(C2=CC(=O)NC3CCCCN23)cc1. The average Bonchev–Trinajstić information content (AvgIpc) is 2.53. The van der Waals surface area contributed by atoms with Gasteiger partial charge in [0.1, 0.15) is 6.17 Å². The van der Waals surface area contributed by atoms with Gasteiger partial charge in [-0.05, 0) is 37.0 Å². The van der Waals surface area contributed by atoms with E-state index in [9.17, 15) is 9.59 Å². The monoisotopic (exact) mass is 286 g/mol. The molecule has 5 heteroatoms. The number of methoxy groups -OCH3 is 1. The standard InChI is InChI=1S/C16H18N2O3/c1-21-16(20)12-7-5-11(6-8-12)13-10-15(19)17-14-4-2-3-9-18(13)14/h5-8,10,14H,2-4,9H2,1H3,(H,17,19). The van der Waals surface area contributed by atoms with E-state index in [4.69, 9.17) is 4.74 Å². The molecular formula is C16H18N2O3. The van der Waals surface area contributed by atoms with Gasteiger partial charge in [-0.3, -0.25) is 4.79 Å². The quantitative estimate of drug-likeness (QED) is 0.842. The molecule has 21 heavy (non-hydrogen) atoms. The van der Waals surface area contributed by atoms with Crippen molar-refractivity contribution in [3.8, 4) is 0 Å². The normalized spacial score (nSPS) is 21.2. The second-order valence-corrected chi connectivity index (χ2v) is 5.31. The maximum absolute atomic E-state index is 11.8. The van der Waals surface area contributed by atoms with Crippen molar-refractivity contribution in [2.75, 3.05) is 13.7 Å². The number of nitrogens with one attached hydrogen (secondary N) is 1. The van der Waals surface area contributed by atoms with E-state index in [1.165, 1.54) is 7.11 Å². The predicted octanol–water partition coefficient (Wildman–Crippen LogP) is 1.76. The zero-order valence-corrected chi connectivity index (χ0v) is 12.0. The highest BCUT2D eigenvalue weighted by molar-refractivity contribution is 5.97. The fraction of sp³-hybridized carbons (Fsp3) is 0.375. The molecule has 2 aliphatic rings. The number of hydrogen-bond donors (Lipinski definition) is 1. The minimum absolute atomic E-state index is 0.0507. The van der Waals surface area contributed by atoms with E-state index in [2.05, 4.69) is 10.2 Å². The van der Waals surface area contributed by atoms with Gasteiger partial charge in [0.05, 0.1) is 18.4 Å². The summed E-state index contributed by atoms with van der Waals surface area (Å²) in [6, 6.07) is 7.19. The molecule has 1 aromatic carbocycles. The lowest BCUT2D eigenvalue weighted by Gasteiger charge is -2.41. The summed E-state index contributed by atoms with van der Waals surface area (Å²) < 4.78 is 4.70. The number of benzene rings is 1. The molecule has 1 saturated heterocycles. The number of carbonyl (C=O) groups is 2. The zero-order valence-electron chi connectivity index (χ0n) is 12.0. The summed E-state index contributed by atoms with van der Waals surface area (Å²) in [6.45, 7) is 0.940. The molecule has 1 aromatic rings. The molecule has 1 N–H and O–H groups in total. The van der Waals surface area contributed by atoms with E-state index in [1.54, 1.807) is 18.2 Å². The highest BCUT2D eigenvalue weighted by Crippen LogP contribution is 2.29. The number of piperidine rings is 1. The van der Waals surface area contributed by atoms with Gasteiger partial charge in [0.15, 0.2) is 0 Å². The lowest BCUT2D eigenvalue weighted by atomic mass is 10.00. The van der Waals surface area contributed by atoms with Gasteiger partial charge >= 0.3 is 5.97 Å². The summed E-state index contributed by atoms with van der Waals surface area (Å²) in [4.78, 5) is 25.5. The Morgan fingerprint density at radius 1 is 1.29 bits per heavy atom. The molecular weight excluding hydrogens is 268 g/mol. The molecule has 1 unspecified atom stereocenters. The van der Waals surface area contributed by atoms with Gasteiger partial charge in [-0.1, -0.05) is 12.1 Å². The van der Waals surface area contributed by atoms with Crippen LogP contribution in [-0.2, 0) is 9.53 Å². The minimum Gasteiger partial charge on any atom is -0.465 e. The number of fused-ring (bicyclic) bond motifs is 1. The van der Waals surface area contributed by atoms with Crippen molar-refractivity contribution < 1.29 is 14.3 Å². The van der Waals surface area contributed by atoms with Crippen molar-refractivity contribution in [3.63, 3.8) is 0 Å². The third kappa shape index (κ3) is 2.63. The molecule has 0 aromatic heterocycles. The van der Waals surface area contributed by atoms with Crippen molar-refractivity contribution in [2.24, 2.45) is 0 Å². The van der Waals surface area contributed by atoms with Crippen LogP contribution in [-0.4, -0.2) is 36.6 Å². The van der Waals surface area contributed by atoms with Crippen molar-refractivity contribution in [1.29, 1.82) is 0 Å². The summed E-state index contributed by atoms with van der Waals surface area (Å²) in [5, 5.41) is 2.99. The number of nitrogens with zero attached hydrogens (tertiary/aromatic N) is 1. The first-order chi connectivity index (χ1) is 10.2. The third-order valence-corrected chi connectivity index (χ3v) is 3.99. The largest absolute Gasteiger partial charge is 0.465 e. The Bertz CT molecular complexity index is 592. The number of esters is 1. The first-order valence-corrected chi connectivity index (χ1v) is 7.16. The lowest BCUT2D eigenvalue weighted by molar-refractivity contribution is -0.119. The van der Waals surface area contributed by atoms with Gasteiger partial charge in [0.2, 0.25) is 5.91 Å². The summed E-state index contributed by atoms with van der Waals surface area (Å²) in [6.07, 6.45) is 4.96. The van der Waals surface area contributed by atoms with E-state index in [-0.39, 0.29) is 18.0 Å². The predicted molar refractivity (Wildman–Crippen MR) is 78.2 cm³/mol. The summed E-state index contributed by atoms with van der Waals surface area (Å²) in [5.74, 6) is -0.405. The van der Waals surface area contributed by atoms with Gasteiger partial charge in [0, 0.05) is 12.6 Å². The van der Waals surface area contributed by atoms with E-state index in [0.29, 0.717) is 5.56 Å². The first-order valence-electron chi connectivity index (χ1n) is 7.16. The Balaban J connectivity index is 1.90. The van der Waals surface area contributed by atoms with Crippen LogP contribution in [0.25, 0.3) is 5.70 Å². The maximum Gasteiger partial charge on any atom is 0.337 e. The number of carbonyl (C=O) groups excluding carboxylic acids is 2. The van der Waals surface area contributed by atoms with Gasteiger partial charge < -0.3 is 15.0 Å². The molecule has 1 atom stereocenters. The second kappa shape index (κ2) is 5.60. The topological polar surface area (TPSA) is 58.6 Å². The van der Waals surface area contributed by atoms with Crippen LogP contribution in [0.5, 0.6) is 0 Å². The molecule has 0 bridgehead atoms.